The molecule has 0 bridgehead atoms. The molecule has 0 saturated carbocycles. The number of halogens is 1. The number of aromatic nitrogens is 2. The van der Waals surface area contributed by atoms with Gasteiger partial charge < -0.3 is 15.0 Å². The minimum absolute atomic E-state index is 0.192. The number of piperidine rings is 1. The maximum atomic E-state index is 14.1. The molecule has 3 rings (SSSR count). The Bertz CT molecular complexity index is 887. The van der Waals surface area contributed by atoms with Crippen molar-refractivity contribution in [3.05, 3.63) is 34.9 Å². The fourth-order valence-corrected chi connectivity index (χ4v) is 3.25. The Morgan fingerprint density at radius 1 is 1.30 bits per heavy atom. The maximum absolute atomic E-state index is 14.1. The highest BCUT2D eigenvalue weighted by Gasteiger charge is 2.27. The number of hydrogen-bond acceptors (Lipinski definition) is 5. The lowest BCUT2D eigenvalue weighted by atomic mass is 10.0. The summed E-state index contributed by atoms with van der Waals surface area (Å²) in [6.45, 7) is 6.50. The summed E-state index contributed by atoms with van der Waals surface area (Å²) in [6, 6.07) is 2.29. The molecule has 1 aromatic heterocycles. The highest BCUT2D eigenvalue weighted by atomic mass is 19.1. The van der Waals surface area contributed by atoms with Gasteiger partial charge in [-0.05, 0) is 39.7 Å². The van der Waals surface area contributed by atoms with E-state index in [1.807, 2.05) is 0 Å². The van der Waals surface area contributed by atoms with Gasteiger partial charge in [-0.2, -0.15) is 0 Å². The first kappa shape index (κ1) is 19.0. The van der Waals surface area contributed by atoms with Crippen molar-refractivity contribution in [2.45, 2.75) is 39.7 Å². The second-order valence-corrected chi connectivity index (χ2v) is 6.67. The van der Waals surface area contributed by atoms with Crippen molar-refractivity contribution >= 4 is 23.0 Å². The molecule has 0 spiro atoms. The molecule has 0 aliphatic carbocycles. The number of rotatable bonds is 3. The van der Waals surface area contributed by atoms with Gasteiger partial charge in [-0.25, -0.2) is 19.2 Å². The number of carbonyl (C=O) groups is 2. The van der Waals surface area contributed by atoms with Crippen LogP contribution in [-0.2, 0) is 4.74 Å². The maximum Gasteiger partial charge on any atom is 0.407 e. The van der Waals surface area contributed by atoms with Crippen LogP contribution in [-0.4, -0.2) is 52.6 Å². The van der Waals surface area contributed by atoms with E-state index in [1.165, 1.54) is 12.1 Å². The van der Waals surface area contributed by atoms with Gasteiger partial charge in [0.2, 0.25) is 0 Å². The van der Waals surface area contributed by atoms with Crippen molar-refractivity contribution in [3.63, 3.8) is 0 Å². The first-order chi connectivity index (χ1) is 12.9. The molecule has 0 radical (unpaired) electrons. The molecule has 2 aromatic rings. The molecule has 1 aromatic carbocycles. The third-order valence-electron chi connectivity index (χ3n) is 4.68. The summed E-state index contributed by atoms with van der Waals surface area (Å²) in [4.78, 5) is 35.1. The quantitative estimate of drug-likeness (QED) is 0.893. The van der Waals surface area contributed by atoms with Crippen molar-refractivity contribution in [3.8, 4) is 0 Å². The molecule has 1 atom stereocenters. The van der Waals surface area contributed by atoms with Gasteiger partial charge in [-0.15, -0.1) is 0 Å². The minimum atomic E-state index is -0.526. The van der Waals surface area contributed by atoms with Crippen molar-refractivity contribution in [2.24, 2.45) is 0 Å². The SMILES string of the molecule is CCOC(=O)N[C@@H]1CCCN(C(=O)c2cc(F)cc3nc(C)c(C)nc23)C1. The number of hydrogen-bond donors (Lipinski definition) is 1. The zero-order valence-corrected chi connectivity index (χ0v) is 15.7. The number of fused-ring (bicyclic) bond motifs is 1. The van der Waals surface area contributed by atoms with Crippen LogP contribution in [0.1, 0.15) is 41.5 Å². The summed E-state index contributed by atoms with van der Waals surface area (Å²) < 4.78 is 19.0. The van der Waals surface area contributed by atoms with Crippen LogP contribution in [0.25, 0.3) is 11.0 Å². The highest BCUT2D eigenvalue weighted by Crippen LogP contribution is 2.22. The van der Waals surface area contributed by atoms with Gasteiger partial charge in [0, 0.05) is 25.2 Å². The summed E-state index contributed by atoms with van der Waals surface area (Å²) in [5.74, 6) is -0.839. The van der Waals surface area contributed by atoms with E-state index >= 15 is 0 Å². The average molecular weight is 374 g/mol. The molecule has 1 fully saturated rings. The molecular formula is C19H23FN4O3. The highest BCUT2D eigenvalue weighted by molar-refractivity contribution is 6.04. The fourth-order valence-electron chi connectivity index (χ4n) is 3.25. The molecule has 0 unspecified atom stereocenters. The Balaban J connectivity index is 1.87. The Labute approximate surface area is 156 Å². The van der Waals surface area contributed by atoms with Gasteiger partial charge in [-0.3, -0.25) is 4.79 Å². The van der Waals surface area contributed by atoms with E-state index in [-0.39, 0.29) is 24.1 Å². The second kappa shape index (κ2) is 7.85. The number of nitrogens with zero attached hydrogens (tertiary/aromatic N) is 3. The summed E-state index contributed by atoms with van der Waals surface area (Å²) >= 11 is 0. The third kappa shape index (κ3) is 4.15. The van der Waals surface area contributed by atoms with Gasteiger partial charge in [0.15, 0.2) is 0 Å². The molecule has 7 nitrogen and oxygen atoms in total. The zero-order valence-electron chi connectivity index (χ0n) is 15.7. The lowest BCUT2D eigenvalue weighted by Crippen LogP contribution is -2.49. The number of amides is 2. The zero-order chi connectivity index (χ0) is 19.6. The molecular weight excluding hydrogens is 351 g/mol. The first-order valence-corrected chi connectivity index (χ1v) is 9.06. The van der Waals surface area contributed by atoms with E-state index in [1.54, 1.807) is 25.7 Å². The van der Waals surface area contributed by atoms with Gasteiger partial charge in [0.1, 0.15) is 11.3 Å². The van der Waals surface area contributed by atoms with E-state index < -0.39 is 11.9 Å². The van der Waals surface area contributed by atoms with E-state index in [0.29, 0.717) is 35.5 Å². The van der Waals surface area contributed by atoms with Crippen LogP contribution in [0.5, 0.6) is 0 Å². The van der Waals surface area contributed by atoms with Crippen molar-refractivity contribution < 1.29 is 18.7 Å². The summed E-state index contributed by atoms with van der Waals surface area (Å²) in [5, 5.41) is 2.76. The van der Waals surface area contributed by atoms with Crippen LogP contribution in [0, 0.1) is 19.7 Å². The van der Waals surface area contributed by atoms with E-state index in [0.717, 1.165) is 12.8 Å². The van der Waals surface area contributed by atoms with Crippen molar-refractivity contribution in [1.82, 2.24) is 20.2 Å². The number of benzene rings is 1. The fraction of sp³-hybridized carbons (Fsp3) is 0.474. The molecule has 1 aliphatic rings. The van der Waals surface area contributed by atoms with E-state index in [4.69, 9.17) is 4.74 Å². The Kier molecular flexibility index (Phi) is 5.53. The molecule has 144 valence electrons. The lowest BCUT2D eigenvalue weighted by Gasteiger charge is -2.33. The topological polar surface area (TPSA) is 84.4 Å². The number of carbonyl (C=O) groups excluding carboxylic acids is 2. The summed E-state index contributed by atoms with van der Waals surface area (Å²) in [7, 11) is 0. The van der Waals surface area contributed by atoms with Crippen molar-refractivity contribution in [2.75, 3.05) is 19.7 Å². The van der Waals surface area contributed by atoms with Crippen LogP contribution in [0.15, 0.2) is 12.1 Å². The lowest BCUT2D eigenvalue weighted by molar-refractivity contribution is 0.0687. The van der Waals surface area contributed by atoms with Gasteiger partial charge in [-0.1, -0.05) is 0 Å². The van der Waals surface area contributed by atoms with Crippen LogP contribution in [0.3, 0.4) is 0 Å². The molecule has 27 heavy (non-hydrogen) atoms. The predicted octanol–water partition coefficient (Wildman–Crippen LogP) is 2.74. The Morgan fingerprint density at radius 2 is 2.04 bits per heavy atom. The molecule has 1 N–H and O–H groups in total. The summed E-state index contributed by atoms with van der Waals surface area (Å²) in [5.41, 5.74) is 2.34. The predicted molar refractivity (Wildman–Crippen MR) is 98.1 cm³/mol. The Hall–Kier alpha value is -2.77. The van der Waals surface area contributed by atoms with Crippen LogP contribution in [0.4, 0.5) is 9.18 Å². The average Bonchev–Trinajstić information content (AvgIpc) is 2.62. The second-order valence-electron chi connectivity index (χ2n) is 6.67. The van der Waals surface area contributed by atoms with Crippen LogP contribution < -0.4 is 5.32 Å². The summed E-state index contributed by atoms with van der Waals surface area (Å²) in [6.07, 6.45) is 0.995. The normalized spacial score (nSPS) is 17.0. The van der Waals surface area contributed by atoms with Gasteiger partial charge in [0.25, 0.3) is 5.91 Å². The van der Waals surface area contributed by atoms with Crippen LogP contribution >= 0.6 is 0 Å². The van der Waals surface area contributed by atoms with Gasteiger partial charge in [0.05, 0.1) is 29.1 Å². The molecule has 2 amide bonds. The van der Waals surface area contributed by atoms with E-state index in [9.17, 15) is 14.0 Å². The number of nitrogens with one attached hydrogen (secondary N) is 1. The monoisotopic (exact) mass is 374 g/mol. The minimum Gasteiger partial charge on any atom is -0.450 e. The Morgan fingerprint density at radius 3 is 2.78 bits per heavy atom. The number of likely N-dealkylation sites (tertiary alicyclic amines) is 1. The van der Waals surface area contributed by atoms with Gasteiger partial charge >= 0.3 is 6.09 Å². The standard InChI is InChI=1S/C19H23FN4O3/c1-4-27-19(26)23-14-6-5-7-24(10-14)18(25)15-8-13(20)9-16-17(15)22-12(3)11(2)21-16/h8-9,14H,4-7,10H2,1-3H3,(H,23,26)/t14-/m1/s1. The first-order valence-electron chi connectivity index (χ1n) is 9.06. The molecule has 2 heterocycles. The molecule has 1 aliphatic heterocycles. The van der Waals surface area contributed by atoms with E-state index in [2.05, 4.69) is 15.3 Å². The van der Waals surface area contributed by atoms with Crippen LogP contribution in [0.2, 0.25) is 0 Å². The third-order valence-corrected chi connectivity index (χ3v) is 4.68. The molecule has 8 heteroatoms. The number of aryl methyl sites for hydroxylation is 2. The largest absolute Gasteiger partial charge is 0.450 e. The molecule has 1 saturated heterocycles. The smallest absolute Gasteiger partial charge is 0.407 e. The number of alkyl carbamates (subject to hydrolysis) is 1. The number of ether oxygens (including phenoxy) is 1. The van der Waals surface area contributed by atoms with Crippen molar-refractivity contribution in [1.29, 1.82) is 0 Å².